The minimum Gasteiger partial charge on any atom is -0.497 e. The van der Waals surface area contributed by atoms with Crippen LogP contribution in [0, 0.1) is 11.8 Å². The van der Waals surface area contributed by atoms with Crippen LogP contribution < -0.4 is 4.74 Å². The number of rotatable bonds is 3. The largest absolute Gasteiger partial charge is 0.497 e. The lowest BCUT2D eigenvalue weighted by atomic mass is 9.56. The van der Waals surface area contributed by atoms with Crippen molar-refractivity contribution in [1.82, 2.24) is 9.88 Å². The molecule has 28 heavy (non-hydrogen) atoms. The summed E-state index contributed by atoms with van der Waals surface area (Å²) in [5.41, 5.74) is 2.46. The maximum Gasteiger partial charge on any atom is 0.319 e. The molecule has 1 saturated carbocycles. The number of H-pyrrole nitrogens is 1. The van der Waals surface area contributed by atoms with Crippen LogP contribution in [0.3, 0.4) is 0 Å². The lowest BCUT2D eigenvalue weighted by molar-refractivity contribution is -0.166. The van der Waals surface area contributed by atoms with Crippen LogP contribution in [-0.4, -0.2) is 60.4 Å². The highest BCUT2D eigenvalue weighted by molar-refractivity contribution is 5.92. The Morgan fingerprint density at radius 2 is 2.21 bits per heavy atom. The van der Waals surface area contributed by atoms with Crippen LogP contribution in [0.4, 0.5) is 0 Å². The van der Waals surface area contributed by atoms with Gasteiger partial charge in [-0.3, -0.25) is 9.69 Å². The number of aliphatic hydroxyl groups excluding tert-OH is 1. The number of carbonyl (C=O) groups is 1. The first-order valence-electron chi connectivity index (χ1n) is 10.2. The molecule has 1 unspecified atom stereocenters. The number of piperidine rings is 2. The van der Waals surface area contributed by atoms with Gasteiger partial charge < -0.3 is 19.6 Å². The molecule has 4 bridgehead atoms. The topological polar surface area (TPSA) is 74.8 Å². The highest BCUT2D eigenvalue weighted by Gasteiger charge is 2.63. The van der Waals surface area contributed by atoms with Crippen LogP contribution >= 0.6 is 0 Å². The molecule has 3 aliphatic heterocycles. The molecule has 6 nitrogen and oxygen atoms in total. The predicted octanol–water partition coefficient (Wildman–Crippen LogP) is 2.23. The fourth-order valence-electron chi connectivity index (χ4n) is 6.38. The number of esters is 1. The van der Waals surface area contributed by atoms with E-state index in [4.69, 9.17) is 9.47 Å². The number of aliphatic hydroxyl groups is 1. The van der Waals surface area contributed by atoms with Gasteiger partial charge in [0.1, 0.15) is 11.2 Å². The molecule has 2 N–H and O–H groups in total. The summed E-state index contributed by atoms with van der Waals surface area (Å²) in [6.07, 6.45) is 2.17. The van der Waals surface area contributed by atoms with Gasteiger partial charge in [0.25, 0.3) is 0 Å². The quantitative estimate of drug-likeness (QED) is 0.794. The standard InChI is InChI=1S/C22H28N2O4/c1-12(25)16-8-13-10-22(21(26)28-3)19-15(6-7-24(11-13)20(16)22)17-9-14(27-2)4-5-18(17)23-19/h4-5,9,12-13,16,20,23,25H,6-8,10-11H2,1-3H3/t12-,13+,16-,20+,22-/m1/s1. The minimum atomic E-state index is -0.754. The Morgan fingerprint density at radius 1 is 1.39 bits per heavy atom. The summed E-state index contributed by atoms with van der Waals surface area (Å²) in [4.78, 5) is 19.4. The summed E-state index contributed by atoms with van der Waals surface area (Å²) >= 11 is 0. The fourth-order valence-corrected chi connectivity index (χ4v) is 6.38. The summed E-state index contributed by atoms with van der Waals surface area (Å²) in [6.45, 7) is 3.75. The lowest BCUT2D eigenvalue weighted by Gasteiger charge is -2.58. The van der Waals surface area contributed by atoms with Crippen LogP contribution in [0.15, 0.2) is 18.2 Å². The number of ether oxygens (including phenoxy) is 2. The van der Waals surface area contributed by atoms with E-state index in [-0.39, 0.29) is 17.9 Å². The Labute approximate surface area is 164 Å². The highest BCUT2D eigenvalue weighted by atomic mass is 16.5. The number of benzene rings is 1. The van der Waals surface area contributed by atoms with E-state index in [1.807, 2.05) is 19.1 Å². The molecule has 3 fully saturated rings. The van der Waals surface area contributed by atoms with E-state index in [9.17, 15) is 9.90 Å². The van der Waals surface area contributed by atoms with Crippen molar-refractivity contribution in [3.63, 3.8) is 0 Å². The van der Waals surface area contributed by atoms with Crippen molar-refractivity contribution in [2.45, 2.75) is 43.7 Å². The van der Waals surface area contributed by atoms with E-state index in [2.05, 4.69) is 16.0 Å². The zero-order valence-electron chi connectivity index (χ0n) is 16.7. The third kappa shape index (κ3) is 2.25. The zero-order valence-corrected chi connectivity index (χ0v) is 16.7. The van der Waals surface area contributed by atoms with Gasteiger partial charge in [0.15, 0.2) is 0 Å². The monoisotopic (exact) mass is 384 g/mol. The number of methoxy groups -OCH3 is 2. The van der Waals surface area contributed by atoms with Crippen molar-refractivity contribution in [2.75, 3.05) is 27.3 Å². The lowest BCUT2D eigenvalue weighted by Crippen LogP contribution is -2.68. The number of hydrogen-bond acceptors (Lipinski definition) is 5. The maximum absolute atomic E-state index is 13.4. The summed E-state index contributed by atoms with van der Waals surface area (Å²) in [6, 6.07) is 5.99. The van der Waals surface area contributed by atoms with Crippen molar-refractivity contribution in [2.24, 2.45) is 11.8 Å². The first-order valence-corrected chi connectivity index (χ1v) is 10.2. The van der Waals surface area contributed by atoms with Crippen LogP contribution in [0.5, 0.6) is 5.75 Å². The van der Waals surface area contributed by atoms with Gasteiger partial charge in [0, 0.05) is 41.6 Å². The molecule has 0 amide bonds. The summed E-state index contributed by atoms with van der Waals surface area (Å²) < 4.78 is 10.9. The van der Waals surface area contributed by atoms with Crippen LogP contribution in [0.25, 0.3) is 10.9 Å². The van der Waals surface area contributed by atoms with Gasteiger partial charge >= 0.3 is 5.97 Å². The van der Waals surface area contributed by atoms with Crippen molar-refractivity contribution >= 4 is 16.9 Å². The molecule has 6 atom stereocenters. The Kier molecular flexibility index (Phi) is 4.00. The molecule has 0 radical (unpaired) electrons. The second-order valence-corrected chi connectivity index (χ2v) is 8.75. The van der Waals surface area contributed by atoms with Gasteiger partial charge in [-0.05, 0) is 55.9 Å². The molecular weight excluding hydrogens is 356 g/mol. The molecule has 150 valence electrons. The smallest absolute Gasteiger partial charge is 0.319 e. The van der Waals surface area contributed by atoms with Crippen molar-refractivity contribution in [3.8, 4) is 5.75 Å². The number of hydrogen-bond donors (Lipinski definition) is 2. The number of aromatic nitrogens is 1. The molecule has 1 aromatic heterocycles. The van der Waals surface area contributed by atoms with Crippen molar-refractivity contribution < 1.29 is 19.4 Å². The molecule has 2 saturated heterocycles. The number of carbonyl (C=O) groups excluding carboxylic acids is 1. The molecule has 4 heterocycles. The van der Waals surface area contributed by atoms with E-state index in [1.165, 1.54) is 12.7 Å². The highest BCUT2D eigenvalue weighted by Crippen LogP contribution is 2.55. The van der Waals surface area contributed by atoms with Crippen molar-refractivity contribution in [3.05, 3.63) is 29.5 Å². The summed E-state index contributed by atoms with van der Waals surface area (Å²) in [7, 11) is 3.16. The first-order chi connectivity index (χ1) is 13.5. The zero-order chi connectivity index (χ0) is 19.6. The summed E-state index contributed by atoms with van der Waals surface area (Å²) in [5.74, 6) is 1.09. The van der Waals surface area contributed by atoms with E-state index < -0.39 is 11.5 Å². The number of nitrogens with one attached hydrogen (secondary N) is 1. The van der Waals surface area contributed by atoms with Crippen LogP contribution in [0.2, 0.25) is 0 Å². The predicted molar refractivity (Wildman–Crippen MR) is 106 cm³/mol. The third-order valence-electron chi connectivity index (χ3n) is 7.39. The molecule has 0 spiro atoms. The van der Waals surface area contributed by atoms with Gasteiger partial charge in [-0.2, -0.15) is 0 Å². The minimum absolute atomic E-state index is 0.0406. The second kappa shape index (κ2) is 6.22. The normalized spacial score (nSPS) is 34.6. The van der Waals surface area contributed by atoms with Gasteiger partial charge in [0.2, 0.25) is 0 Å². The Hall–Kier alpha value is -2.05. The summed E-state index contributed by atoms with van der Waals surface area (Å²) in [5, 5.41) is 11.7. The van der Waals surface area contributed by atoms with Gasteiger partial charge in [-0.1, -0.05) is 0 Å². The Balaban J connectivity index is 1.78. The number of fused-ring (bicyclic) bond motifs is 4. The first kappa shape index (κ1) is 18.0. The SMILES string of the molecule is COC(=O)[C@@]12C[C@@H]3C[C@H]([C@@H](C)O)[C@@H]1N(CCc1c2[nH]c2ccc(OC)cc12)C3. The van der Waals surface area contributed by atoms with E-state index >= 15 is 0 Å². The maximum atomic E-state index is 13.4. The molecule has 1 aliphatic carbocycles. The van der Waals surface area contributed by atoms with Crippen LogP contribution in [-0.2, 0) is 21.4 Å². The molecule has 6 heteroatoms. The van der Waals surface area contributed by atoms with E-state index in [0.717, 1.165) is 54.7 Å². The van der Waals surface area contributed by atoms with E-state index in [0.29, 0.717) is 5.92 Å². The Bertz CT molecular complexity index is 936. The molecule has 1 aromatic carbocycles. The van der Waals surface area contributed by atoms with E-state index in [1.54, 1.807) is 7.11 Å². The molecular formula is C22H28N2O4. The van der Waals surface area contributed by atoms with Crippen LogP contribution in [0.1, 0.15) is 31.0 Å². The average Bonchev–Trinajstić information content (AvgIpc) is 3.04. The molecule has 6 rings (SSSR count). The number of aromatic amines is 1. The fraction of sp³-hybridized carbons (Fsp3) is 0.591. The van der Waals surface area contributed by atoms with Gasteiger partial charge in [-0.15, -0.1) is 0 Å². The third-order valence-corrected chi connectivity index (χ3v) is 7.39. The van der Waals surface area contributed by atoms with Crippen molar-refractivity contribution in [1.29, 1.82) is 0 Å². The molecule has 2 aromatic rings. The number of nitrogens with zero attached hydrogens (tertiary/aromatic N) is 1. The average molecular weight is 384 g/mol. The Morgan fingerprint density at radius 3 is 2.93 bits per heavy atom. The van der Waals surface area contributed by atoms with Gasteiger partial charge in [0.05, 0.1) is 20.3 Å². The van der Waals surface area contributed by atoms with Gasteiger partial charge in [-0.25, -0.2) is 0 Å². The second-order valence-electron chi connectivity index (χ2n) is 8.75. The molecule has 4 aliphatic rings.